The first-order valence-electron chi connectivity index (χ1n) is 16.1. The average molecular weight is 602 g/mol. The van der Waals surface area contributed by atoms with Crippen LogP contribution in [-0.2, 0) is 0 Å². The third kappa shape index (κ3) is 4.65. The molecule has 0 unspecified atom stereocenters. The molecule has 0 amide bonds. The van der Waals surface area contributed by atoms with Crippen LogP contribution < -0.4 is 4.90 Å². The molecule has 2 heteroatoms. The van der Waals surface area contributed by atoms with Gasteiger partial charge in [0.05, 0.1) is 11.1 Å². The highest BCUT2D eigenvalue weighted by Crippen LogP contribution is 2.44. The summed E-state index contributed by atoms with van der Waals surface area (Å²) in [5.41, 5.74) is 11.0. The summed E-state index contributed by atoms with van der Waals surface area (Å²) in [6.45, 7) is 2.14. The zero-order valence-corrected chi connectivity index (χ0v) is 26.0. The number of benzene rings is 8. The van der Waals surface area contributed by atoms with Crippen molar-refractivity contribution in [2.24, 2.45) is 0 Å². The molecule has 0 radical (unpaired) electrons. The lowest BCUT2D eigenvalue weighted by Gasteiger charge is -2.27. The van der Waals surface area contributed by atoms with Crippen LogP contribution in [0, 0.1) is 6.92 Å². The summed E-state index contributed by atoms with van der Waals surface area (Å²) in [6.07, 6.45) is 0. The van der Waals surface area contributed by atoms with Gasteiger partial charge in [-0.2, -0.15) is 0 Å². The first-order chi connectivity index (χ1) is 23.2. The summed E-state index contributed by atoms with van der Waals surface area (Å²) in [5.74, 6) is 0. The van der Waals surface area contributed by atoms with Crippen molar-refractivity contribution in [2.75, 3.05) is 4.90 Å². The lowest BCUT2D eigenvalue weighted by atomic mass is 9.93. The summed E-state index contributed by atoms with van der Waals surface area (Å²) < 4.78 is 6.40. The molecule has 0 fully saturated rings. The molecule has 0 saturated carbocycles. The van der Waals surface area contributed by atoms with E-state index >= 15 is 0 Å². The van der Waals surface area contributed by atoms with Gasteiger partial charge in [0, 0.05) is 16.8 Å². The first-order valence-corrected chi connectivity index (χ1v) is 16.1. The molecular formula is C45H31NO. The maximum Gasteiger partial charge on any atom is 0.137 e. The molecule has 0 saturated heterocycles. The fraction of sp³-hybridized carbons (Fsp3) is 0.0222. The Balaban J connectivity index is 1.23. The van der Waals surface area contributed by atoms with E-state index in [0.29, 0.717) is 0 Å². The molecule has 0 aliphatic heterocycles. The number of furan rings is 1. The zero-order chi connectivity index (χ0) is 31.3. The van der Waals surface area contributed by atoms with Gasteiger partial charge >= 0.3 is 0 Å². The summed E-state index contributed by atoms with van der Waals surface area (Å²) >= 11 is 0. The molecule has 2 nitrogen and oxygen atoms in total. The highest BCUT2D eigenvalue weighted by Gasteiger charge is 2.20. The molecule has 9 aromatic rings. The van der Waals surface area contributed by atoms with Crippen LogP contribution in [0.1, 0.15) is 5.56 Å². The van der Waals surface area contributed by atoms with E-state index in [1.165, 1.54) is 43.8 Å². The fourth-order valence-corrected chi connectivity index (χ4v) is 7.09. The second-order valence-corrected chi connectivity index (χ2v) is 12.2. The van der Waals surface area contributed by atoms with Crippen molar-refractivity contribution in [1.29, 1.82) is 0 Å². The van der Waals surface area contributed by atoms with Crippen LogP contribution in [0.25, 0.3) is 65.7 Å². The Morgan fingerprint density at radius 1 is 0.426 bits per heavy atom. The van der Waals surface area contributed by atoms with Crippen molar-refractivity contribution in [3.05, 3.63) is 175 Å². The molecule has 1 aromatic heterocycles. The van der Waals surface area contributed by atoms with Crippen molar-refractivity contribution in [2.45, 2.75) is 6.92 Å². The van der Waals surface area contributed by atoms with Crippen molar-refractivity contribution in [1.82, 2.24) is 0 Å². The summed E-state index contributed by atoms with van der Waals surface area (Å²) in [6, 6.07) is 60.9. The second-order valence-electron chi connectivity index (χ2n) is 12.2. The molecule has 9 rings (SSSR count). The van der Waals surface area contributed by atoms with Crippen molar-refractivity contribution in [3.8, 4) is 22.3 Å². The SMILES string of the molecule is Cc1cc(N(c2ccc(-c3ccccc3)cc2)c2ccc(-c3cc4ccccc4c4ccccc34)cc2)c2c(c1)oc1ccccc12. The highest BCUT2D eigenvalue weighted by molar-refractivity contribution is 6.15. The van der Waals surface area contributed by atoms with Gasteiger partial charge in [-0.15, -0.1) is 0 Å². The quantitative estimate of drug-likeness (QED) is 0.182. The second kappa shape index (κ2) is 11.0. The fourth-order valence-electron chi connectivity index (χ4n) is 7.09. The lowest BCUT2D eigenvalue weighted by Crippen LogP contribution is -2.10. The predicted molar refractivity (Wildman–Crippen MR) is 199 cm³/mol. The lowest BCUT2D eigenvalue weighted by molar-refractivity contribution is 0.668. The third-order valence-electron chi connectivity index (χ3n) is 9.28. The van der Waals surface area contributed by atoms with Gasteiger partial charge in [0.1, 0.15) is 11.2 Å². The van der Waals surface area contributed by atoms with Gasteiger partial charge in [0.2, 0.25) is 0 Å². The van der Waals surface area contributed by atoms with E-state index in [1.54, 1.807) is 0 Å². The van der Waals surface area contributed by atoms with Crippen LogP contribution in [0.2, 0.25) is 0 Å². The number of rotatable bonds is 5. The van der Waals surface area contributed by atoms with Gasteiger partial charge in [0.25, 0.3) is 0 Å². The molecular weight excluding hydrogens is 571 g/mol. The Bertz CT molecular complexity index is 2560. The van der Waals surface area contributed by atoms with E-state index in [1.807, 2.05) is 6.07 Å². The zero-order valence-electron chi connectivity index (χ0n) is 26.0. The van der Waals surface area contributed by atoms with E-state index in [9.17, 15) is 0 Å². The van der Waals surface area contributed by atoms with E-state index in [4.69, 9.17) is 4.42 Å². The topological polar surface area (TPSA) is 16.4 Å². The maximum atomic E-state index is 6.40. The van der Waals surface area contributed by atoms with E-state index < -0.39 is 0 Å². The normalized spacial score (nSPS) is 11.5. The smallest absolute Gasteiger partial charge is 0.137 e. The molecule has 47 heavy (non-hydrogen) atoms. The van der Waals surface area contributed by atoms with Crippen LogP contribution in [0.4, 0.5) is 17.1 Å². The minimum absolute atomic E-state index is 0.895. The van der Waals surface area contributed by atoms with Crippen LogP contribution in [0.15, 0.2) is 174 Å². The molecule has 0 bridgehead atoms. The van der Waals surface area contributed by atoms with Crippen molar-refractivity contribution >= 4 is 60.5 Å². The van der Waals surface area contributed by atoms with Gasteiger partial charge in [-0.3, -0.25) is 0 Å². The van der Waals surface area contributed by atoms with Crippen LogP contribution in [0.3, 0.4) is 0 Å². The van der Waals surface area contributed by atoms with E-state index in [0.717, 1.165) is 44.6 Å². The van der Waals surface area contributed by atoms with Gasteiger partial charge in [-0.25, -0.2) is 0 Å². The van der Waals surface area contributed by atoms with Crippen LogP contribution in [-0.4, -0.2) is 0 Å². The maximum absolute atomic E-state index is 6.40. The first kappa shape index (κ1) is 27.2. The molecule has 0 aliphatic carbocycles. The Morgan fingerprint density at radius 3 is 1.74 bits per heavy atom. The summed E-state index contributed by atoms with van der Waals surface area (Å²) in [7, 11) is 0. The molecule has 222 valence electrons. The number of fused-ring (bicyclic) bond motifs is 6. The molecule has 0 aliphatic rings. The standard InChI is InChI=1S/C45H31NO/c1-30-27-42(45-40-17-9-10-18-43(40)47-44(45)28-30)46(35-23-19-32(20-24-35)31-11-3-2-4-12-31)36-25-21-33(22-26-36)41-29-34-13-5-6-14-37(34)38-15-7-8-16-39(38)41/h2-29H,1H3. The molecule has 8 aromatic carbocycles. The Labute approximate surface area is 273 Å². The van der Waals surface area contributed by atoms with Crippen LogP contribution >= 0.6 is 0 Å². The minimum Gasteiger partial charge on any atom is -0.456 e. The number of aryl methyl sites for hydroxylation is 1. The Hall–Kier alpha value is -6.12. The van der Waals surface area contributed by atoms with E-state index in [-0.39, 0.29) is 0 Å². The summed E-state index contributed by atoms with van der Waals surface area (Å²) in [4.78, 5) is 2.37. The third-order valence-corrected chi connectivity index (χ3v) is 9.28. The van der Waals surface area contributed by atoms with Gasteiger partial charge in [0.15, 0.2) is 0 Å². The van der Waals surface area contributed by atoms with Gasteiger partial charge in [-0.05, 0) is 105 Å². The number of nitrogens with zero attached hydrogens (tertiary/aromatic N) is 1. The average Bonchev–Trinajstić information content (AvgIpc) is 3.51. The monoisotopic (exact) mass is 601 g/mol. The summed E-state index contributed by atoms with van der Waals surface area (Å²) in [5, 5.41) is 7.30. The molecule has 0 N–H and O–H groups in total. The van der Waals surface area contributed by atoms with Crippen LogP contribution in [0.5, 0.6) is 0 Å². The van der Waals surface area contributed by atoms with Gasteiger partial charge in [-0.1, -0.05) is 121 Å². The number of hydrogen-bond donors (Lipinski definition) is 0. The highest BCUT2D eigenvalue weighted by atomic mass is 16.3. The van der Waals surface area contributed by atoms with E-state index in [2.05, 4.69) is 176 Å². The number of hydrogen-bond acceptors (Lipinski definition) is 2. The molecule has 0 atom stereocenters. The van der Waals surface area contributed by atoms with Crippen molar-refractivity contribution < 1.29 is 4.42 Å². The largest absolute Gasteiger partial charge is 0.456 e. The Kier molecular flexibility index (Phi) is 6.39. The number of para-hydroxylation sites is 1. The Morgan fingerprint density at radius 2 is 1.00 bits per heavy atom. The van der Waals surface area contributed by atoms with Gasteiger partial charge < -0.3 is 9.32 Å². The van der Waals surface area contributed by atoms with Crippen molar-refractivity contribution in [3.63, 3.8) is 0 Å². The molecule has 1 heterocycles. The number of anilines is 3. The molecule has 0 spiro atoms. The predicted octanol–water partition coefficient (Wildman–Crippen LogP) is 13.0. The minimum atomic E-state index is 0.895.